The molecule has 0 aliphatic carbocycles. The number of aromatic nitrogens is 1. The van der Waals surface area contributed by atoms with Crippen molar-refractivity contribution < 1.29 is 9.15 Å². The van der Waals surface area contributed by atoms with Crippen LogP contribution in [0.3, 0.4) is 0 Å². The molecule has 1 fully saturated rings. The van der Waals surface area contributed by atoms with Gasteiger partial charge in [0.1, 0.15) is 5.76 Å². The third kappa shape index (κ3) is 3.30. The molecule has 0 aromatic carbocycles. The van der Waals surface area contributed by atoms with Crippen LogP contribution in [0.2, 0.25) is 0 Å². The van der Waals surface area contributed by atoms with Crippen LogP contribution in [0, 0.1) is 0 Å². The Bertz CT molecular complexity index is 338. The minimum absolute atomic E-state index is 0.262. The molecule has 1 aliphatic heterocycles. The van der Waals surface area contributed by atoms with Crippen LogP contribution < -0.4 is 5.32 Å². The molecule has 0 amide bonds. The van der Waals surface area contributed by atoms with Crippen LogP contribution in [0.1, 0.15) is 44.3 Å². The molecule has 1 aromatic rings. The fourth-order valence-corrected chi connectivity index (χ4v) is 2.26. The van der Waals surface area contributed by atoms with Gasteiger partial charge in [-0.1, -0.05) is 6.92 Å². The van der Waals surface area contributed by atoms with E-state index < -0.39 is 0 Å². The highest BCUT2D eigenvalue weighted by Gasteiger charge is 2.28. The summed E-state index contributed by atoms with van der Waals surface area (Å²) in [5, 5.41) is 3.30. The summed E-state index contributed by atoms with van der Waals surface area (Å²) in [7, 11) is 0. The monoisotopic (exact) mass is 238 g/mol. The van der Waals surface area contributed by atoms with Gasteiger partial charge in [0, 0.05) is 18.9 Å². The second kappa shape index (κ2) is 6.17. The minimum atomic E-state index is 0.262. The molecular formula is C13H22N2O2. The van der Waals surface area contributed by atoms with Crippen LogP contribution in [0.5, 0.6) is 0 Å². The number of oxazole rings is 1. The second-order valence-corrected chi connectivity index (χ2v) is 4.58. The first-order valence-corrected chi connectivity index (χ1v) is 6.58. The van der Waals surface area contributed by atoms with E-state index in [0.29, 0.717) is 5.92 Å². The van der Waals surface area contributed by atoms with Crippen molar-refractivity contribution in [2.45, 2.75) is 45.1 Å². The van der Waals surface area contributed by atoms with Gasteiger partial charge in [-0.2, -0.15) is 0 Å². The Balaban J connectivity index is 1.83. The van der Waals surface area contributed by atoms with E-state index in [0.717, 1.165) is 50.6 Å². The Morgan fingerprint density at radius 1 is 1.53 bits per heavy atom. The molecule has 0 radical (unpaired) electrons. The SMILES string of the molecule is CCNCCCc1ncc(C2CCOC2C)o1. The van der Waals surface area contributed by atoms with Crippen molar-refractivity contribution in [1.29, 1.82) is 0 Å². The van der Waals surface area contributed by atoms with E-state index in [1.165, 1.54) is 0 Å². The zero-order chi connectivity index (χ0) is 12.1. The number of hydrogen-bond acceptors (Lipinski definition) is 4. The summed E-state index contributed by atoms with van der Waals surface area (Å²) in [5.41, 5.74) is 0. The number of rotatable bonds is 6. The lowest BCUT2D eigenvalue weighted by molar-refractivity contribution is 0.115. The molecule has 1 saturated heterocycles. The molecule has 17 heavy (non-hydrogen) atoms. The van der Waals surface area contributed by atoms with E-state index in [1.54, 1.807) is 0 Å². The van der Waals surface area contributed by atoms with Crippen molar-refractivity contribution in [2.24, 2.45) is 0 Å². The minimum Gasteiger partial charge on any atom is -0.445 e. The van der Waals surface area contributed by atoms with E-state index >= 15 is 0 Å². The number of nitrogens with one attached hydrogen (secondary N) is 1. The lowest BCUT2D eigenvalue weighted by atomic mass is 10.0. The Labute approximate surface area is 103 Å². The maximum absolute atomic E-state index is 5.80. The highest BCUT2D eigenvalue weighted by Crippen LogP contribution is 2.31. The third-order valence-electron chi connectivity index (χ3n) is 3.31. The van der Waals surface area contributed by atoms with E-state index in [2.05, 4.69) is 24.1 Å². The molecule has 0 spiro atoms. The summed E-state index contributed by atoms with van der Waals surface area (Å²) >= 11 is 0. The Morgan fingerprint density at radius 3 is 3.12 bits per heavy atom. The van der Waals surface area contributed by atoms with E-state index in [1.807, 2.05) is 6.20 Å². The Kier molecular flexibility index (Phi) is 4.57. The van der Waals surface area contributed by atoms with Gasteiger partial charge in [-0.15, -0.1) is 0 Å². The van der Waals surface area contributed by atoms with Crippen molar-refractivity contribution in [2.75, 3.05) is 19.7 Å². The zero-order valence-corrected chi connectivity index (χ0v) is 10.7. The fraction of sp³-hybridized carbons (Fsp3) is 0.769. The Morgan fingerprint density at radius 2 is 2.41 bits per heavy atom. The highest BCUT2D eigenvalue weighted by atomic mass is 16.5. The van der Waals surface area contributed by atoms with Crippen LogP contribution in [0.4, 0.5) is 0 Å². The summed E-state index contributed by atoms with van der Waals surface area (Å²) < 4.78 is 11.3. The van der Waals surface area contributed by atoms with E-state index in [4.69, 9.17) is 9.15 Å². The smallest absolute Gasteiger partial charge is 0.194 e. The lowest BCUT2D eigenvalue weighted by Gasteiger charge is -2.09. The van der Waals surface area contributed by atoms with Gasteiger partial charge in [0.15, 0.2) is 5.89 Å². The van der Waals surface area contributed by atoms with Crippen LogP contribution in [-0.2, 0) is 11.2 Å². The maximum atomic E-state index is 5.80. The van der Waals surface area contributed by atoms with Gasteiger partial charge < -0.3 is 14.5 Å². The van der Waals surface area contributed by atoms with Crippen molar-refractivity contribution in [3.63, 3.8) is 0 Å². The number of ether oxygens (including phenoxy) is 1. The standard InChI is InChI=1S/C13H22N2O2/c1-3-14-7-4-5-13-15-9-12(17-13)11-6-8-16-10(11)2/h9-11,14H,3-8H2,1-2H3. The predicted octanol–water partition coefficient (Wildman–Crippen LogP) is 2.11. The van der Waals surface area contributed by atoms with E-state index in [9.17, 15) is 0 Å². The molecule has 1 N–H and O–H groups in total. The first-order valence-electron chi connectivity index (χ1n) is 6.58. The van der Waals surface area contributed by atoms with Crippen LogP contribution in [0.15, 0.2) is 10.6 Å². The quantitative estimate of drug-likeness (QED) is 0.771. The highest BCUT2D eigenvalue weighted by molar-refractivity contribution is 5.06. The van der Waals surface area contributed by atoms with E-state index in [-0.39, 0.29) is 6.10 Å². The summed E-state index contributed by atoms with van der Waals surface area (Å²) in [4.78, 5) is 4.34. The molecule has 96 valence electrons. The van der Waals surface area contributed by atoms with Gasteiger partial charge >= 0.3 is 0 Å². The fourth-order valence-electron chi connectivity index (χ4n) is 2.26. The average Bonchev–Trinajstić information content (AvgIpc) is 2.93. The average molecular weight is 238 g/mol. The van der Waals surface area contributed by atoms with Gasteiger partial charge in [0.2, 0.25) is 0 Å². The predicted molar refractivity (Wildman–Crippen MR) is 66.1 cm³/mol. The molecule has 4 heteroatoms. The zero-order valence-electron chi connectivity index (χ0n) is 10.7. The van der Waals surface area contributed by atoms with Crippen molar-refractivity contribution in [3.05, 3.63) is 17.8 Å². The van der Waals surface area contributed by atoms with Gasteiger partial charge in [-0.05, 0) is 32.9 Å². The largest absolute Gasteiger partial charge is 0.445 e. The first kappa shape index (κ1) is 12.6. The first-order chi connectivity index (χ1) is 8.31. The van der Waals surface area contributed by atoms with Crippen molar-refractivity contribution >= 4 is 0 Å². The molecule has 2 heterocycles. The lowest BCUT2D eigenvalue weighted by Crippen LogP contribution is -2.14. The Hall–Kier alpha value is -0.870. The van der Waals surface area contributed by atoms with Crippen LogP contribution in [0.25, 0.3) is 0 Å². The van der Waals surface area contributed by atoms with Gasteiger partial charge in [0.05, 0.1) is 12.3 Å². The van der Waals surface area contributed by atoms with Gasteiger partial charge in [-0.3, -0.25) is 0 Å². The molecule has 4 nitrogen and oxygen atoms in total. The van der Waals surface area contributed by atoms with Crippen molar-refractivity contribution in [1.82, 2.24) is 10.3 Å². The molecule has 1 aliphatic rings. The normalized spacial score (nSPS) is 24.4. The molecule has 0 saturated carbocycles. The molecule has 2 unspecified atom stereocenters. The number of nitrogens with zero attached hydrogens (tertiary/aromatic N) is 1. The van der Waals surface area contributed by atoms with Gasteiger partial charge in [-0.25, -0.2) is 4.98 Å². The number of hydrogen-bond donors (Lipinski definition) is 1. The molecule has 2 atom stereocenters. The van der Waals surface area contributed by atoms with Crippen LogP contribution >= 0.6 is 0 Å². The molecular weight excluding hydrogens is 216 g/mol. The maximum Gasteiger partial charge on any atom is 0.194 e. The van der Waals surface area contributed by atoms with Crippen molar-refractivity contribution in [3.8, 4) is 0 Å². The summed E-state index contributed by atoms with van der Waals surface area (Å²) in [6, 6.07) is 0. The number of aryl methyl sites for hydroxylation is 1. The molecule has 0 bridgehead atoms. The van der Waals surface area contributed by atoms with Gasteiger partial charge in [0.25, 0.3) is 0 Å². The summed E-state index contributed by atoms with van der Waals surface area (Å²) in [5.74, 6) is 2.25. The summed E-state index contributed by atoms with van der Waals surface area (Å²) in [6.45, 7) is 7.10. The topological polar surface area (TPSA) is 47.3 Å². The summed E-state index contributed by atoms with van der Waals surface area (Å²) in [6.07, 6.45) is 5.17. The molecule has 1 aromatic heterocycles. The third-order valence-corrected chi connectivity index (χ3v) is 3.31. The van der Waals surface area contributed by atoms with Crippen LogP contribution in [-0.4, -0.2) is 30.8 Å². The second-order valence-electron chi connectivity index (χ2n) is 4.58. The molecule has 2 rings (SSSR count).